The second-order valence-corrected chi connectivity index (χ2v) is 4.52. The van der Waals surface area contributed by atoms with E-state index in [9.17, 15) is 5.11 Å². The number of para-hydroxylation sites is 1. The van der Waals surface area contributed by atoms with E-state index < -0.39 is 6.10 Å². The van der Waals surface area contributed by atoms with E-state index in [0.717, 1.165) is 17.7 Å². The van der Waals surface area contributed by atoms with Crippen molar-refractivity contribution in [1.29, 1.82) is 0 Å². The maximum Gasteiger partial charge on any atom is 0.125 e. The van der Waals surface area contributed by atoms with Crippen molar-refractivity contribution in [1.82, 2.24) is 0 Å². The summed E-state index contributed by atoms with van der Waals surface area (Å²) in [5.74, 6) is 0.720. The van der Waals surface area contributed by atoms with Gasteiger partial charge in [0, 0.05) is 19.8 Å². The van der Waals surface area contributed by atoms with Crippen LogP contribution in [-0.4, -0.2) is 38.6 Å². The van der Waals surface area contributed by atoms with Gasteiger partial charge in [0.1, 0.15) is 12.4 Å². The number of benzene rings is 1. The largest absolute Gasteiger partial charge is 0.491 e. The molecule has 0 heterocycles. The van der Waals surface area contributed by atoms with Crippen molar-refractivity contribution < 1.29 is 19.3 Å². The lowest BCUT2D eigenvalue weighted by Gasteiger charge is -2.17. The van der Waals surface area contributed by atoms with Crippen molar-refractivity contribution in [3.8, 4) is 5.75 Å². The van der Waals surface area contributed by atoms with Gasteiger partial charge < -0.3 is 19.3 Å². The summed E-state index contributed by atoms with van der Waals surface area (Å²) in [5.41, 5.74) is 0.821. The van der Waals surface area contributed by atoms with Crippen LogP contribution in [0.15, 0.2) is 24.3 Å². The molecular weight excluding hydrogens is 244 g/mol. The Hall–Kier alpha value is -1.10. The molecule has 1 aromatic rings. The van der Waals surface area contributed by atoms with E-state index in [-0.39, 0.29) is 6.10 Å². The number of ether oxygens (including phenoxy) is 3. The van der Waals surface area contributed by atoms with Crippen LogP contribution in [0.5, 0.6) is 5.75 Å². The summed E-state index contributed by atoms with van der Waals surface area (Å²) in [6.45, 7) is 3.01. The molecule has 0 aliphatic rings. The Morgan fingerprint density at radius 3 is 2.53 bits per heavy atom. The van der Waals surface area contributed by atoms with E-state index in [2.05, 4.69) is 0 Å². The maximum absolute atomic E-state index is 10.2. The van der Waals surface area contributed by atoms with Crippen molar-refractivity contribution in [2.24, 2.45) is 0 Å². The minimum absolute atomic E-state index is 0.149. The first-order valence-electron chi connectivity index (χ1n) is 6.60. The van der Waals surface area contributed by atoms with Gasteiger partial charge in [-0.2, -0.15) is 0 Å². The molecule has 2 atom stereocenters. The van der Waals surface area contributed by atoms with Gasteiger partial charge in [-0.3, -0.25) is 0 Å². The summed E-state index contributed by atoms with van der Waals surface area (Å²) < 4.78 is 15.8. The zero-order valence-electron chi connectivity index (χ0n) is 12.0. The van der Waals surface area contributed by atoms with Gasteiger partial charge in [-0.25, -0.2) is 0 Å². The Kier molecular flexibility index (Phi) is 7.48. The van der Waals surface area contributed by atoms with Gasteiger partial charge in [-0.05, 0) is 25.8 Å². The van der Waals surface area contributed by atoms with Gasteiger partial charge in [0.2, 0.25) is 0 Å². The van der Waals surface area contributed by atoms with Crippen molar-refractivity contribution >= 4 is 0 Å². The molecule has 0 aliphatic carbocycles. The van der Waals surface area contributed by atoms with Crippen LogP contribution in [0.4, 0.5) is 0 Å². The van der Waals surface area contributed by atoms with Crippen LogP contribution in [0.2, 0.25) is 0 Å². The summed E-state index contributed by atoms with van der Waals surface area (Å²) in [7, 11) is 3.31. The molecule has 0 fully saturated rings. The molecule has 1 N–H and O–H groups in total. The third-order valence-corrected chi connectivity index (χ3v) is 3.07. The average molecular weight is 268 g/mol. The SMILES string of the molecule is COCCOc1ccccc1C(O)CCC(C)OC. The van der Waals surface area contributed by atoms with Gasteiger partial charge in [-0.15, -0.1) is 0 Å². The first kappa shape index (κ1) is 16.0. The van der Waals surface area contributed by atoms with Crippen LogP contribution in [0.25, 0.3) is 0 Å². The highest BCUT2D eigenvalue weighted by Crippen LogP contribution is 2.28. The molecule has 1 aromatic carbocycles. The zero-order valence-corrected chi connectivity index (χ0v) is 12.0. The summed E-state index contributed by atoms with van der Waals surface area (Å²) in [4.78, 5) is 0. The molecule has 0 aromatic heterocycles. The standard InChI is InChI=1S/C15H24O4/c1-12(18-3)8-9-14(16)13-6-4-5-7-15(13)19-11-10-17-2/h4-7,12,14,16H,8-11H2,1-3H3. The Morgan fingerprint density at radius 1 is 1.11 bits per heavy atom. The summed E-state index contributed by atoms with van der Waals surface area (Å²) >= 11 is 0. The Morgan fingerprint density at radius 2 is 1.84 bits per heavy atom. The highest BCUT2D eigenvalue weighted by atomic mass is 16.5. The van der Waals surface area contributed by atoms with Gasteiger partial charge >= 0.3 is 0 Å². The number of hydrogen-bond donors (Lipinski definition) is 1. The van der Waals surface area contributed by atoms with E-state index in [4.69, 9.17) is 14.2 Å². The molecular formula is C15H24O4. The van der Waals surface area contributed by atoms with Crippen LogP contribution in [0.1, 0.15) is 31.4 Å². The Labute approximate surface area is 115 Å². The molecule has 0 saturated heterocycles. The van der Waals surface area contributed by atoms with Gasteiger partial charge in [0.15, 0.2) is 0 Å². The highest BCUT2D eigenvalue weighted by molar-refractivity contribution is 5.35. The van der Waals surface area contributed by atoms with E-state index in [1.165, 1.54) is 0 Å². The van der Waals surface area contributed by atoms with Crippen LogP contribution < -0.4 is 4.74 Å². The van der Waals surface area contributed by atoms with E-state index in [0.29, 0.717) is 19.6 Å². The number of methoxy groups -OCH3 is 2. The Bertz CT molecular complexity index is 354. The zero-order chi connectivity index (χ0) is 14.1. The third kappa shape index (κ3) is 5.59. The summed E-state index contributed by atoms with van der Waals surface area (Å²) in [5, 5.41) is 10.2. The number of aliphatic hydroxyl groups is 1. The monoisotopic (exact) mass is 268 g/mol. The van der Waals surface area contributed by atoms with Crippen LogP contribution >= 0.6 is 0 Å². The molecule has 0 radical (unpaired) electrons. The molecule has 4 nitrogen and oxygen atoms in total. The molecule has 0 aliphatic heterocycles. The lowest BCUT2D eigenvalue weighted by atomic mass is 10.0. The normalized spacial score (nSPS) is 14.1. The molecule has 1 rings (SSSR count). The summed E-state index contributed by atoms with van der Waals surface area (Å²) in [6, 6.07) is 7.57. The van der Waals surface area contributed by atoms with Crippen LogP contribution in [-0.2, 0) is 9.47 Å². The van der Waals surface area contributed by atoms with Gasteiger partial charge in [0.25, 0.3) is 0 Å². The number of rotatable bonds is 9. The lowest BCUT2D eigenvalue weighted by molar-refractivity contribution is 0.0834. The molecule has 0 spiro atoms. The van der Waals surface area contributed by atoms with E-state index >= 15 is 0 Å². The molecule has 2 unspecified atom stereocenters. The maximum atomic E-state index is 10.2. The second kappa shape index (κ2) is 8.91. The van der Waals surface area contributed by atoms with Crippen molar-refractivity contribution in [3.05, 3.63) is 29.8 Å². The highest BCUT2D eigenvalue weighted by Gasteiger charge is 2.14. The fourth-order valence-corrected chi connectivity index (χ4v) is 1.79. The van der Waals surface area contributed by atoms with E-state index in [1.807, 2.05) is 31.2 Å². The van der Waals surface area contributed by atoms with Crippen LogP contribution in [0, 0.1) is 0 Å². The summed E-state index contributed by atoms with van der Waals surface area (Å²) in [6.07, 6.45) is 1.08. The third-order valence-electron chi connectivity index (χ3n) is 3.07. The fraction of sp³-hybridized carbons (Fsp3) is 0.600. The van der Waals surface area contributed by atoms with Gasteiger partial charge in [0.05, 0.1) is 18.8 Å². The minimum Gasteiger partial charge on any atom is -0.491 e. The average Bonchev–Trinajstić information content (AvgIpc) is 2.45. The molecule has 0 bridgehead atoms. The fourth-order valence-electron chi connectivity index (χ4n) is 1.79. The quantitative estimate of drug-likeness (QED) is 0.699. The smallest absolute Gasteiger partial charge is 0.125 e. The minimum atomic E-state index is -0.531. The second-order valence-electron chi connectivity index (χ2n) is 4.52. The lowest BCUT2D eigenvalue weighted by Crippen LogP contribution is -2.10. The van der Waals surface area contributed by atoms with Crippen molar-refractivity contribution in [2.45, 2.75) is 32.0 Å². The molecule has 4 heteroatoms. The predicted octanol–water partition coefficient (Wildman–Crippen LogP) is 2.56. The van der Waals surface area contributed by atoms with E-state index in [1.54, 1.807) is 14.2 Å². The number of aliphatic hydroxyl groups excluding tert-OH is 1. The first-order chi connectivity index (χ1) is 9.19. The predicted molar refractivity (Wildman–Crippen MR) is 74.5 cm³/mol. The molecule has 0 saturated carbocycles. The Balaban J connectivity index is 2.59. The number of hydrogen-bond acceptors (Lipinski definition) is 4. The topological polar surface area (TPSA) is 47.9 Å². The van der Waals surface area contributed by atoms with Crippen LogP contribution in [0.3, 0.4) is 0 Å². The molecule has 108 valence electrons. The molecule has 19 heavy (non-hydrogen) atoms. The first-order valence-corrected chi connectivity index (χ1v) is 6.60. The van der Waals surface area contributed by atoms with Gasteiger partial charge in [-0.1, -0.05) is 18.2 Å². The van der Waals surface area contributed by atoms with Crippen molar-refractivity contribution in [2.75, 3.05) is 27.4 Å². The van der Waals surface area contributed by atoms with Crippen molar-refractivity contribution in [3.63, 3.8) is 0 Å². The molecule has 0 amide bonds.